The van der Waals surface area contributed by atoms with E-state index in [9.17, 15) is 24.0 Å². The van der Waals surface area contributed by atoms with Gasteiger partial charge < -0.3 is 15.0 Å². The number of hydrogen-bond donors (Lipinski definition) is 1. The molecule has 214 valence electrons. The number of carbonyl (C=O) groups excluding carboxylic acids is 5. The van der Waals surface area contributed by atoms with Gasteiger partial charge in [0.25, 0.3) is 17.7 Å². The summed E-state index contributed by atoms with van der Waals surface area (Å²) >= 11 is 0. The predicted octanol–water partition coefficient (Wildman–Crippen LogP) is 2.99. The van der Waals surface area contributed by atoms with E-state index in [2.05, 4.69) is 5.32 Å². The summed E-state index contributed by atoms with van der Waals surface area (Å²) in [6.07, 6.45) is 3.85. The molecule has 0 unspecified atom stereocenters. The maximum Gasteiger partial charge on any atom is 0.262 e. The van der Waals surface area contributed by atoms with Gasteiger partial charge in [-0.05, 0) is 55.4 Å². The van der Waals surface area contributed by atoms with Crippen molar-refractivity contribution >= 4 is 51.6 Å². The molecular formula is C31H34N4O6. The highest BCUT2D eigenvalue weighted by Gasteiger charge is 2.35. The van der Waals surface area contributed by atoms with Gasteiger partial charge in [-0.1, -0.05) is 30.3 Å². The molecule has 0 radical (unpaired) electrons. The van der Waals surface area contributed by atoms with Crippen LogP contribution in [0.5, 0.6) is 5.75 Å². The third-order valence-corrected chi connectivity index (χ3v) is 7.18. The zero-order chi connectivity index (χ0) is 29.5. The molecule has 41 heavy (non-hydrogen) atoms. The molecule has 10 nitrogen and oxygen atoms in total. The summed E-state index contributed by atoms with van der Waals surface area (Å²) in [4.78, 5) is 66.5. The van der Waals surface area contributed by atoms with E-state index in [1.807, 2.05) is 42.3 Å². The SMILES string of the molecule is C/C=C\C(=O)N(C=O)CCCC(=O)NCCN(C)CCN1C(=O)c2ccc(OC)c3cc4ccccc4c(c23)C1=O. The van der Waals surface area contributed by atoms with Crippen LogP contribution in [-0.2, 0) is 14.4 Å². The van der Waals surface area contributed by atoms with Crippen LogP contribution in [0.4, 0.5) is 0 Å². The first-order chi connectivity index (χ1) is 19.8. The number of amides is 5. The molecule has 0 spiro atoms. The van der Waals surface area contributed by atoms with Crippen molar-refractivity contribution in [3.8, 4) is 5.75 Å². The van der Waals surface area contributed by atoms with Crippen molar-refractivity contribution in [2.75, 3.05) is 46.9 Å². The van der Waals surface area contributed by atoms with E-state index >= 15 is 0 Å². The fraction of sp³-hybridized carbons (Fsp3) is 0.323. The Morgan fingerprint density at radius 2 is 1.80 bits per heavy atom. The molecule has 10 heteroatoms. The van der Waals surface area contributed by atoms with Gasteiger partial charge in [-0.3, -0.25) is 33.8 Å². The Hall–Kier alpha value is -4.57. The van der Waals surface area contributed by atoms with Gasteiger partial charge in [-0.2, -0.15) is 0 Å². The number of nitrogens with zero attached hydrogens (tertiary/aromatic N) is 3. The van der Waals surface area contributed by atoms with E-state index in [0.29, 0.717) is 54.7 Å². The minimum Gasteiger partial charge on any atom is -0.496 e. The summed E-state index contributed by atoms with van der Waals surface area (Å²) in [6.45, 7) is 3.35. The van der Waals surface area contributed by atoms with Crippen LogP contribution in [0.1, 0.15) is 40.5 Å². The zero-order valence-electron chi connectivity index (χ0n) is 23.5. The second kappa shape index (κ2) is 13.2. The second-order valence-electron chi connectivity index (χ2n) is 9.87. The van der Waals surface area contributed by atoms with Crippen LogP contribution in [0.25, 0.3) is 21.5 Å². The van der Waals surface area contributed by atoms with Crippen LogP contribution >= 0.6 is 0 Å². The van der Waals surface area contributed by atoms with Gasteiger partial charge in [-0.25, -0.2) is 0 Å². The third-order valence-electron chi connectivity index (χ3n) is 7.18. The van der Waals surface area contributed by atoms with Crippen molar-refractivity contribution in [2.24, 2.45) is 0 Å². The Bertz CT molecular complexity index is 1530. The van der Waals surface area contributed by atoms with Crippen molar-refractivity contribution in [3.05, 3.63) is 65.7 Å². The minimum atomic E-state index is -0.414. The van der Waals surface area contributed by atoms with E-state index in [1.54, 1.807) is 32.2 Å². The molecule has 3 aromatic carbocycles. The lowest BCUT2D eigenvalue weighted by Crippen LogP contribution is -2.45. The highest BCUT2D eigenvalue weighted by Crippen LogP contribution is 2.39. The molecule has 5 amide bonds. The Morgan fingerprint density at radius 3 is 2.54 bits per heavy atom. The number of nitrogens with one attached hydrogen (secondary N) is 1. The maximum absolute atomic E-state index is 13.7. The summed E-state index contributed by atoms with van der Waals surface area (Å²) in [6, 6.07) is 13.0. The van der Waals surface area contributed by atoms with Crippen LogP contribution in [0, 0.1) is 0 Å². The third kappa shape index (κ3) is 6.28. The van der Waals surface area contributed by atoms with E-state index in [1.165, 1.54) is 11.0 Å². The van der Waals surface area contributed by atoms with Crippen LogP contribution in [0.2, 0.25) is 0 Å². The summed E-state index contributed by atoms with van der Waals surface area (Å²) in [5.74, 6) is -0.671. The number of imide groups is 2. The highest BCUT2D eigenvalue weighted by molar-refractivity contribution is 6.31. The molecule has 0 aliphatic carbocycles. The fourth-order valence-electron chi connectivity index (χ4n) is 5.03. The molecule has 4 rings (SSSR count). The van der Waals surface area contributed by atoms with Crippen molar-refractivity contribution in [1.82, 2.24) is 20.0 Å². The van der Waals surface area contributed by atoms with Gasteiger partial charge in [0.1, 0.15) is 5.75 Å². The number of methoxy groups -OCH3 is 1. The Morgan fingerprint density at radius 1 is 1.02 bits per heavy atom. The van der Waals surface area contributed by atoms with Gasteiger partial charge in [0.05, 0.1) is 12.7 Å². The number of likely N-dealkylation sites (N-methyl/N-ethyl adjacent to an activating group) is 1. The van der Waals surface area contributed by atoms with E-state index in [-0.39, 0.29) is 37.2 Å². The summed E-state index contributed by atoms with van der Waals surface area (Å²) in [7, 11) is 3.42. The Balaban J connectivity index is 1.34. The van der Waals surface area contributed by atoms with Crippen molar-refractivity contribution in [1.29, 1.82) is 0 Å². The lowest BCUT2D eigenvalue weighted by molar-refractivity contribution is -0.135. The summed E-state index contributed by atoms with van der Waals surface area (Å²) in [5.41, 5.74) is 0.971. The lowest BCUT2D eigenvalue weighted by Gasteiger charge is -2.30. The largest absolute Gasteiger partial charge is 0.496 e. The molecule has 0 bridgehead atoms. The molecule has 1 N–H and O–H groups in total. The summed E-state index contributed by atoms with van der Waals surface area (Å²) < 4.78 is 5.54. The molecule has 3 aromatic rings. The first kappa shape index (κ1) is 29.4. The Labute approximate surface area is 238 Å². The molecule has 0 saturated carbocycles. The van der Waals surface area contributed by atoms with E-state index < -0.39 is 5.91 Å². The molecule has 1 heterocycles. The van der Waals surface area contributed by atoms with Crippen molar-refractivity contribution in [2.45, 2.75) is 19.8 Å². The van der Waals surface area contributed by atoms with Crippen molar-refractivity contribution in [3.63, 3.8) is 0 Å². The second-order valence-corrected chi connectivity index (χ2v) is 9.87. The molecule has 1 aliphatic rings. The predicted molar refractivity (Wildman–Crippen MR) is 156 cm³/mol. The van der Waals surface area contributed by atoms with Crippen LogP contribution in [0.3, 0.4) is 0 Å². The van der Waals surface area contributed by atoms with Crippen LogP contribution in [-0.4, -0.2) is 91.6 Å². The quantitative estimate of drug-likeness (QED) is 0.148. The van der Waals surface area contributed by atoms with Gasteiger partial charge in [0.2, 0.25) is 12.3 Å². The molecule has 0 fully saturated rings. The maximum atomic E-state index is 13.7. The molecule has 0 saturated heterocycles. The number of rotatable bonds is 13. The van der Waals surface area contributed by atoms with Crippen LogP contribution < -0.4 is 10.1 Å². The minimum absolute atomic E-state index is 0.163. The van der Waals surface area contributed by atoms with Gasteiger partial charge in [0.15, 0.2) is 0 Å². The topological polar surface area (TPSA) is 116 Å². The van der Waals surface area contributed by atoms with Crippen LogP contribution in [0.15, 0.2) is 54.6 Å². The fourth-order valence-corrected chi connectivity index (χ4v) is 5.03. The number of allylic oxidation sites excluding steroid dienone is 1. The van der Waals surface area contributed by atoms with Gasteiger partial charge in [-0.15, -0.1) is 0 Å². The van der Waals surface area contributed by atoms with E-state index in [0.717, 1.165) is 21.1 Å². The number of benzene rings is 3. The average molecular weight is 559 g/mol. The van der Waals surface area contributed by atoms with Crippen molar-refractivity contribution < 1.29 is 28.7 Å². The number of fused-ring (bicyclic) bond motifs is 2. The lowest BCUT2D eigenvalue weighted by atomic mass is 9.89. The monoisotopic (exact) mass is 558 g/mol. The molecule has 1 aliphatic heterocycles. The molecule has 0 atom stereocenters. The average Bonchev–Trinajstić information content (AvgIpc) is 2.97. The van der Waals surface area contributed by atoms with E-state index in [4.69, 9.17) is 4.74 Å². The molecule has 0 aromatic heterocycles. The number of carbonyl (C=O) groups is 5. The normalized spacial score (nSPS) is 12.9. The standard InChI is InChI=1S/C31H34N4O6/c1-4-8-27(38)34(20-36)15-7-11-26(37)32-14-16-33(2)17-18-35-30(39)23-12-13-25(41-3)24-19-21-9-5-6-10-22(21)29(28(23)24)31(35)40/h4-6,8-10,12-13,19-20H,7,11,14-18H2,1-3H3,(H,32,37)/b8-4-. The van der Waals surface area contributed by atoms with Gasteiger partial charge in [0, 0.05) is 55.5 Å². The zero-order valence-corrected chi connectivity index (χ0v) is 23.5. The number of ether oxygens (including phenoxy) is 1. The highest BCUT2D eigenvalue weighted by atomic mass is 16.5. The first-order valence-electron chi connectivity index (χ1n) is 13.5. The summed E-state index contributed by atoms with van der Waals surface area (Å²) in [5, 5.41) is 5.86. The molecular weight excluding hydrogens is 524 g/mol. The number of hydrogen-bond acceptors (Lipinski definition) is 7. The Kier molecular flexibility index (Phi) is 9.46. The van der Waals surface area contributed by atoms with Gasteiger partial charge >= 0.3 is 0 Å². The smallest absolute Gasteiger partial charge is 0.262 e. The first-order valence-corrected chi connectivity index (χ1v) is 13.5.